The van der Waals surface area contributed by atoms with E-state index in [1.807, 2.05) is 0 Å². The van der Waals surface area contributed by atoms with Gasteiger partial charge in [0.2, 0.25) is 0 Å². The molecule has 134 valence electrons. The number of rotatable bonds is 0. The molecule has 0 rings (SSSR count). The standard InChI is InChI=1S/3C6H15Si.Ge.Li/c3*1-6(2,3)7(4)5;;/h3*1-5H3;;. The first kappa shape index (κ1) is 35.8. The molecular formula is C18H45GeLiSi3. The van der Waals surface area contributed by atoms with Gasteiger partial charge in [-0.3, -0.25) is 0 Å². The molecule has 0 spiro atoms. The summed E-state index contributed by atoms with van der Waals surface area (Å²) in [5, 5.41) is 1.81. The summed E-state index contributed by atoms with van der Waals surface area (Å²) in [6.45, 7) is 34.9. The largest absolute Gasteiger partial charge is 0.0709 e. The molecule has 0 aromatic rings. The summed E-state index contributed by atoms with van der Waals surface area (Å²) in [5.74, 6) is 0. The molecule has 0 aromatic heterocycles. The van der Waals surface area contributed by atoms with Crippen LogP contribution >= 0.6 is 0 Å². The monoisotopic (exact) mass is 426 g/mol. The Balaban J connectivity index is -0.0000000675. The maximum atomic E-state index is 2.35. The summed E-state index contributed by atoms with van der Waals surface area (Å²) >= 11 is 0. The minimum absolute atomic E-state index is 0. The molecule has 0 aliphatic rings. The first-order valence-electron chi connectivity index (χ1n) is 8.25. The minimum atomic E-state index is -0.0502. The molecule has 23 heavy (non-hydrogen) atoms. The third-order valence-corrected chi connectivity index (χ3v) is 13.5. The van der Waals surface area contributed by atoms with Crippen molar-refractivity contribution in [2.75, 3.05) is 0 Å². The summed E-state index contributed by atoms with van der Waals surface area (Å²) in [4.78, 5) is 0. The quantitative estimate of drug-likeness (QED) is 0.372. The Kier molecular flexibility index (Phi) is 23.2. The van der Waals surface area contributed by atoms with Crippen LogP contribution in [0.15, 0.2) is 0 Å². The topological polar surface area (TPSA) is 0 Å². The van der Waals surface area contributed by atoms with Crippen molar-refractivity contribution in [1.29, 1.82) is 0 Å². The van der Waals surface area contributed by atoms with Crippen molar-refractivity contribution in [2.45, 2.75) is 117 Å². The van der Waals surface area contributed by atoms with Crippen LogP contribution in [0.3, 0.4) is 0 Å². The Morgan fingerprint density at radius 3 is 0.435 bits per heavy atom. The van der Waals surface area contributed by atoms with Crippen LogP contribution in [-0.2, 0) is 0 Å². The zero-order chi connectivity index (χ0) is 18.2. The molecule has 0 saturated heterocycles. The molecule has 0 heterocycles. The molecule has 0 N–H and O–H groups in total. The van der Waals surface area contributed by atoms with Crippen molar-refractivity contribution >= 4 is 62.8 Å². The first-order chi connectivity index (χ1) is 8.83. The molecular weight excluding hydrogens is 380 g/mol. The Morgan fingerprint density at radius 1 is 0.391 bits per heavy atom. The van der Waals surface area contributed by atoms with Gasteiger partial charge in [0.05, 0.1) is 0 Å². The molecule has 0 atom stereocenters. The van der Waals surface area contributed by atoms with Crippen LogP contribution in [0.5, 0.6) is 0 Å². The Bertz CT molecular complexity index is 204. The summed E-state index contributed by atoms with van der Waals surface area (Å²) in [6.07, 6.45) is 0. The van der Waals surface area contributed by atoms with Crippen LogP contribution in [0.25, 0.3) is 0 Å². The summed E-state index contributed by atoms with van der Waals surface area (Å²) in [5.41, 5.74) is 0. The van der Waals surface area contributed by atoms with Crippen molar-refractivity contribution in [2.24, 2.45) is 0 Å². The van der Waals surface area contributed by atoms with E-state index in [2.05, 4.69) is 102 Å². The fourth-order valence-corrected chi connectivity index (χ4v) is 0. The van der Waals surface area contributed by atoms with E-state index in [-0.39, 0.29) is 62.8 Å². The van der Waals surface area contributed by atoms with Crippen LogP contribution < -0.4 is 0 Å². The van der Waals surface area contributed by atoms with Crippen LogP contribution in [0, 0.1) is 0 Å². The van der Waals surface area contributed by atoms with E-state index in [0.717, 1.165) is 0 Å². The maximum Gasteiger partial charge on any atom is 0.0470 e. The van der Waals surface area contributed by atoms with E-state index in [4.69, 9.17) is 0 Å². The van der Waals surface area contributed by atoms with Gasteiger partial charge in [0, 0.05) is 62.8 Å². The second kappa shape index (κ2) is 14.9. The number of hydrogen-bond acceptors (Lipinski definition) is 0. The van der Waals surface area contributed by atoms with Crippen LogP contribution in [0.1, 0.15) is 62.3 Å². The van der Waals surface area contributed by atoms with E-state index in [0.29, 0.717) is 15.1 Å². The van der Waals surface area contributed by atoms with Crippen molar-refractivity contribution in [3.8, 4) is 0 Å². The Morgan fingerprint density at radius 2 is 0.435 bits per heavy atom. The van der Waals surface area contributed by atoms with Crippen molar-refractivity contribution in [1.82, 2.24) is 0 Å². The molecule has 0 unspecified atom stereocenters. The van der Waals surface area contributed by atoms with Gasteiger partial charge in [0.15, 0.2) is 0 Å². The molecule has 0 nitrogen and oxygen atoms in total. The first-order valence-corrected chi connectivity index (χ1v) is 15.8. The van der Waals surface area contributed by atoms with Crippen molar-refractivity contribution in [3.05, 3.63) is 0 Å². The molecule has 0 fully saturated rings. The molecule has 0 amide bonds. The zero-order valence-electron chi connectivity index (χ0n) is 19.5. The second-order valence-corrected chi connectivity index (χ2v) is 20.2. The average molecular weight is 425 g/mol. The van der Waals surface area contributed by atoms with Gasteiger partial charge in [-0.25, -0.2) is 0 Å². The molecule has 8 radical (unpaired) electrons. The van der Waals surface area contributed by atoms with Crippen LogP contribution in [0.2, 0.25) is 54.4 Å². The fourth-order valence-electron chi connectivity index (χ4n) is 0. The summed E-state index contributed by atoms with van der Waals surface area (Å²) in [7, 11) is -0.150. The van der Waals surface area contributed by atoms with Crippen molar-refractivity contribution < 1.29 is 0 Å². The zero-order valence-corrected chi connectivity index (χ0v) is 24.6. The van der Waals surface area contributed by atoms with Crippen molar-refractivity contribution in [3.63, 3.8) is 0 Å². The maximum absolute atomic E-state index is 2.35. The SMILES string of the molecule is C[Si](C)C(C)(C)C.C[Si](C)C(C)(C)C.C[Si](C)C(C)(C)C.[Ge].[Li]. The Hall–Kier alpha value is 1.79. The van der Waals surface area contributed by atoms with Crippen LogP contribution in [0.4, 0.5) is 0 Å². The fraction of sp³-hybridized carbons (Fsp3) is 1.00. The molecule has 5 heteroatoms. The van der Waals surface area contributed by atoms with Gasteiger partial charge in [-0.15, -0.1) is 0 Å². The van der Waals surface area contributed by atoms with E-state index in [1.165, 1.54) is 0 Å². The minimum Gasteiger partial charge on any atom is -0.0709 e. The van der Waals surface area contributed by atoms with E-state index < -0.39 is 0 Å². The summed E-state index contributed by atoms with van der Waals surface area (Å²) < 4.78 is 0. The van der Waals surface area contributed by atoms with E-state index in [9.17, 15) is 0 Å². The molecule has 0 saturated carbocycles. The summed E-state index contributed by atoms with van der Waals surface area (Å²) in [6, 6.07) is 0. The third kappa shape index (κ3) is 28.8. The van der Waals surface area contributed by atoms with E-state index in [1.54, 1.807) is 0 Å². The van der Waals surface area contributed by atoms with Gasteiger partial charge in [0.1, 0.15) is 0 Å². The predicted molar refractivity (Wildman–Crippen MR) is 123 cm³/mol. The van der Waals surface area contributed by atoms with Gasteiger partial charge in [-0.2, -0.15) is 0 Å². The normalized spacial score (nSPS) is 11.7. The van der Waals surface area contributed by atoms with Gasteiger partial charge in [-0.1, -0.05) is 102 Å². The molecule has 0 aliphatic carbocycles. The smallest absolute Gasteiger partial charge is 0.0470 e. The molecule has 0 aliphatic heterocycles. The molecule has 0 aromatic carbocycles. The van der Waals surface area contributed by atoms with Crippen LogP contribution in [-0.4, -0.2) is 62.8 Å². The van der Waals surface area contributed by atoms with Gasteiger partial charge >= 0.3 is 0 Å². The van der Waals surface area contributed by atoms with Gasteiger partial charge in [0.25, 0.3) is 0 Å². The number of hydrogen-bond donors (Lipinski definition) is 0. The average Bonchev–Trinajstić information content (AvgIpc) is 2.14. The molecule has 0 bridgehead atoms. The predicted octanol–water partition coefficient (Wildman–Crippen LogP) is 6.86. The third-order valence-electron chi connectivity index (χ3n) is 4.50. The Labute approximate surface area is 178 Å². The second-order valence-electron chi connectivity index (χ2n) is 9.75. The van der Waals surface area contributed by atoms with Gasteiger partial charge in [-0.05, 0) is 15.1 Å². The van der Waals surface area contributed by atoms with Gasteiger partial charge < -0.3 is 0 Å². The van der Waals surface area contributed by atoms with E-state index >= 15 is 0 Å².